The number of hydrogen-bond acceptors (Lipinski definition) is 0. The Morgan fingerprint density at radius 1 is 1.27 bits per heavy atom. The number of benzene rings is 1. The van der Waals surface area contributed by atoms with Gasteiger partial charge in [-0.15, -0.1) is 0 Å². The SMILES string of the molecule is CCC(=[SiH]C)c1ccccc1. The Balaban J connectivity index is 2.92. The summed E-state index contributed by atoms with van der Waals surface area (Å²) in [6.07, 6.45) is 1.20. The quantitative estimate of drug-likeness (QED) is 0.584. The van der Waals surface area contributed by atoms with Crippen molar-refractivity contribution in [1.82, 2.24) is 0 Å². The highest BCUT2D eigenvalue weighted by molar-refractivity contribution is 6.56. The zero-order valence-electron chi connectivity index (χ0n) is 7.17. The fourth-order valence-electron chi connectivity index (χ4n) is 1.23. The van der Waals surface area contributed by atoms with Crippen molar-refractivity contribution < 1.29 is 0 Å². The predicted octanol–water partition coefficient (Wildman–Crippen LogP) is 2.10. The third-order valence-electron chi connectivity index (χ3n) is 1.87. The molecule has 0 heterocycles. The van der Waals surface area contributed by atoms with Gasteiger partial charge in [0.1, 0.15) is 0 Å². The molecule has 0 amide bonds. The highest BCUT2D eigenvalue weighted by Gasteiger charge is 1.93. The van der Waals surface area contributed by atoms with Crippen molar-refractivity contribution in [3.05, 3.63) is 35.9 Å². The minimum Gasteiger partial charge on any atom is -0.0649 e. The minimum atomic E-state index is 0.495. The van der Waals surface area contributed by atoms with Gasteiger partial charge < -0.3 is 0 Å². The van der Waals surface area contributed by atoms with Crippen LogP contribution in [-0.4, -0.2) is 14.3 Å². The fraction of sp³-hybridized carbons (Fsp3) is 0.300. The van der Waals surface area contributed by atoms with Crippen LogP contribution >= 0.6 is 0 Å². The maximum Gasteiger partial charge on any atom is -0.00506 e. The fourth-order valence-corrected chi connectivity index (χ4v) is 2.16. The van der Waals surface area contributed by atoms with Gasteiger partial charge in [0.2, 0.25) is 0 Å². The molecular weight excluding hydrogens is 148 g/mol. The molecule has 0 bridgehead atoms. The first-order valence-electron chi connectivity index (χ1n) is 4.09. The third-order valence-corrected chi connectivity index (χ3v) is 3.31. The highest BCUT2D eigenvalue weighted by Crippen LogP contribution is 2.01. The predicted molar refractivity (Wildman–Crippen MR) is 53.9 cm³/mol. The molecule has 1 aromatic rings. The molecule has 0 aliphatic carbocycles. The van der Waals surface area contributed by atoms with Gasteiger partial charge in [0.15, 0.2) is 0 Å². The minimum absolute atomic E-state index is 0.495. The van der Waals surface area contributed by atoms with Gasteiger partial charge >= 0.3 is 0 Å². The van der Waals surface area contributed by atoms with E-state index in [1.807, 2.05) is 0 Å². The van der Waals surface area contributed by atoms with Crippen molar-refractivity contribution in [2.75, 3.05) is 0 Å². The van der Waals surface area contributed by atoms with E-state index in [9.17, 15) is 0 Å². The van der Waals surface area contributed by atoms with E-state index in [1.165, 1.54) is 12.0 Å². The van der Waals surface area contributed by atoms with Gasteiger partial charge in [-0.3, -0.25) is 0 Å². The van der Waals surface area contributed by atoms with Crippen LogP contribution in [0.4, 0.5) is 0 Å². The molecule has 1 heteroatoms. The maximum absolute atomic E-state index is 2.30. The second-order valence-corrected chi connectivity index (χ2v) is 3.81. The van der Waals surface area contributed by atoms with E-state index >= 15 is 0 Å². The second-order valence-electron chi connectivity index (χ2n) is 2.53. The number of hydrogen-bond donors (Lipinski definition) is 0. The molecule has 0 aliphatic heterocycles. The largest absolute Gasteiger partial charge is 0.0649 e. The molecule has 1 rings (SSSR count). The molecule has 0 aliphatic rings. The molecule has 0 saturated carbocycles. The van der Waals surface area contributed by atoms with Crippen molar-refractivity contribution in [3.63, 3.8) is 0 Å². The zero-order chi connectivity index (χ0) is 8.10. The summed E-state index contributed by atoms with van der Waals surface area (Å²) < 4.78 is 0. The monoisotopic (exact) mass is 162 g/mol. The van der Waals surface area contributed by atoms with Crippen LogP contribution in [0.1, 0.15) is 18.9 Å². The Kier molecular flexibility index (Phi) is 3.24. The van der Waals surface area contributed by atoms with Crippen LogP contribution in [0.2, 0.25) is 6.55 Å². The molecule has 1 aromatic carbocycles. The summed E-state index contributed by atoms with van der Waals surface area (Å²) in [4.78, 5) is 0. The second kappa shape index (κ2) is 4.24. The third kappa shape index (κ3) is 2.12. The lowest BCUT2D eigenvalue weighted by atomic mass is 10.1. The molecule has 0 aromatic heterocycles. The van der Waals surface area contributed by atoms with Crippen molar-refractivity contribution in [1.29, 1.82) is 0 Å². The molecule has 0 N–H and O–H groups in total. The van der Waals surface area contributed by atoms with Crippen LogP contribution < -0.4 is 0 Å². The first-order chi connectivity index (χ1) is 5.38. The number of rotatable bonds is 2. The van der Waals surface area contributed by atoms with Gasteiger partial charge in [-0.05, 0) is 21.1 Å². The Hall–Kier alpha value is -0.693. The van der Waals surface area contributed by atoms with Crippen LogP contribution in [-0.2, 0) is 0 Å². The normalized spacial score (nSPS) is 11.6. The molecule has 0 nitrogen and oxygen atoms in total. The molecule has 0 unspecified atom stereocenters. The van der Waals surface area contributed by atoms with Gasteiger partial charge in [0, 0.05) is 0 Å². The summed E-state index contributed by atoms with van der Waals surface area (Å²) in [5.41, 5.74) is 1.44. The Bertz CT molecular complexity index is 236. The van der Waals surface area contributed by atoms with Crippen LogP contribution in [0.5, 0.6) is 0 Å². The van der Waals surface area contributed by atoms with Crippen molar-refractivity contribution >= 4 is 14.3 Å². The molecule has 0 atom stereocenters. The average Bonchev–Trinajstić information content (AvgIpc) is 2.09. The molecule has 58 valence electrons. The lowest BCUT2D eigenvalue weighted by Gasteiger charge is -2.02. The maximum atomic E-state index is 2.30. The summed E-state index contributed by atoms with van der Waals surface area (Å²) in [7, 11) is 0.495. The van der Waals surface area contributed by atoms with Crippen LogP contribution in [0.3, 0.4) is 0 Å². The van der Waals surface area contributed by atoms with E-state index in [2.05, 4.69) is 43.8 Å². The zero-order valence-corrected chi connectivity index (χ0v) is 8.33. The van der Waals surface area contributed by atoms with Crippen molar-refractivity contribution in [3.8, 4) is 0 Å². The van der Waals surface area contributed by atoms with Gasteiger partial charge in [-0.1, -0.05) is 49.0 Å². The molecule has 11 heavy (non-hydrogen) atoms. The highest BCUT2D eigenvalue weighted by atomic mass is 28.2. The summed E-state index contributed by atoms with van der Waals surface area (Å²) in [6.45, 7) is 4.53. The summed E-state index contributed by atoms with van der Waals surface area (Å²) >= 11 is 0. The van der Waals surface area contributed by atoms with E-state index in [1.54, 1.807) is 5.17 Å². The molecule has 0 spiro atoms. The molecule has 0 saturated heterocycles. The lowest BCUT2D eigenvalue weighted by molar-refractivity contribution is 1.31. The summed E-state index contributed by atoms with van der Waals surface area (Å²) in [5.74, 6) is 0. The van der Waals surface area contributed by atoms with Gasteiger partial charge in [0.25, 0.3) is 0 Å². The Labute approximate surface area is 70.7 Å². The van der Waals surface area contributed by atoms with Gasteiger partial charge in [0.05, 0.1) is 0 Å². The molecule has 0 fully saturated rings. The van der Waals surface area contributed by atoms with Crippen LogP contribution in [0.15, 0.2) is 30.3 Å². The smallest absolute Gasteiger partial charge is 0.00506 e. The first-order valence-corrected chi connectivity index (χ1v) is 5.82. The summed E-state index contributed by atoms with van der Waals surface area (Å²) in [6, 6.07) is 10.7. The van der Waals surface area contributed by atoms with Gasteiger partial charge in [-0.2, -0.15) is 0 Å². The van der Waals surface area contributed by atoms with Crippen LogP contribution in [0.25, 0.3) is 0 Å². The van der Waals surface area contributed by atoms with E-state index in [0.29, 0.717) is 9.13 Å². The Morgan fingerprint density at radius 2 is 1.91 bits per heavy atom. The van der Waals surface area contributed by atoms with Crippen molar-refractivity contribution in [2.45, 2.75) is 19.9 Å². The van der Waals surface area contributed by atoms with Gasteiger partial charge in [-0.25, -0.2) is 0 Å². The molecule has 0 radical (unpaired) electrons. The first kappa shape index (κ1) is 8.40. The van der Waals surface area contributed by atoms with E-state index in [0.717, 1.165) is 0 Å². The van der Waals surface area contributed by atoms with E-state index in [4.69, 9.17) is 0 Å². The van der Waals surface area contributed by atoms with E-state index < -0.39 is 0 Å². The standard InChI is InChI=1S/C10H14Si/c1-3-10(11-2)9-7-5-4-6-8-9/h4-8,11H,3H2,1-2H3. The van der Waals surface area contributed by atoms with Crippen molar-refractivity contribution in [2.24, 2.45) is 0 Å². The Morgan fingerprint density at radius 3 is 2.36 bits per heavy atom. The van der Waals surface area contributed by atoms with Crippen LogP contribution in [0, 0.1) is 0 Å². The lowest BCUT2D eigenvalue weighted by Crippen LogP contribution is -2.01. The average molecular weight is 162 g/mol. The summed E-state index contributed by atoms with van der Waals surface area (Å²) in [5, 5.41) is 1.63. The molecular formula is C10H14Si. The van der Waals surface area contributed by atoms with E-state index in [-0.39, 0.29) is 0 Å². The topological polar surface area (TPSA) is 0 Å².